The summed E-state index contributed by atoms with van der Waals surface area (Å²) in [5, 5.41) is 0.455. The summed E-state index contributed by atoms with van der Waals surface area (Å²) < 4.78 is 10.7. The van der Waals surface area contributed by atoms with Gasteiger partial charge in [0.2, 0.25) is 5.95 Å². The Morgan fingerprint density at radius 1 is 1.00 bits per heavy atom. The molecule has 3 heterocycles. The number of anilines is 1. The largest absolute Gasteiger partial charge is 0.493 e. The monoisotopic (exact) mass is 414 g/mol. The number of fused-ring (bicyclic) bond motifs is 2. The van der Waals surface area contributed by atoms with E-state index < -0.39 is 0 Å². The van der Waals surface area contributed by atoms with Gasteiger partial charge in [-0.3, -0.25) is 9.78 Å². The van der Waals surface area contributed by atoms with Crippen molar-refractivity contribution in [2.24, 2.45) is 0 Å². The average molecular weight is 414 g/mol. The van der Waals surface area contributed by atoms with Crippen molar-refractivity contribution >= 4 is 17.0 Å². The van der Waals surface area contributed by atoms with Gasteiger partial charge in [0.25, 0.3) is 5.56 Å². The van der Waals surface area contributed by atoms with E-state index in [2.05, 4.69) is 33.1 Å². The Morgan fingerprint density at radius 2 is 1.81 bits per heavy atom. The second-order valence-electron chi connectivity index (χ2n) is 7.46. The summed E-state index contributed by atoms with van der Waals surface area (Å²) in [5.74, 6) is 1.77. The van der Waals surface area contributed by atoms with Gasteiger partial charge in [-0.05, 0) is 46.9 Å². The summed E-state index contributed by atoms with van der Waals surface area (Å²) in [6.45, 7) is 1.50. The Labute approximate surface area is 179 Å². The Kier molecular flexibility index (Phi) is 4.78. The second kappa shape index (κ2) is 7.75. The van der Waals surface area contributed by atoms with Gasteiger partial charge in [0.15, 0.2) is 17.1 Å². The van der Waals surface area contributed by atoms with Crippen LogP contribution in [0.2, 0.25) is 0 Å². The smallest absolute Gasteiger partial charge is 0.262 e. The zero-order valence-corrected chi connectivity index (χ0v) is 17.4. The van der Waals surface area contributed by atoms with Crippen molar-refractivity contribution in [3.8, 4) is 22.6 Å². The molecule has 7 nitrogen and oxygen atoms in total. The number of ether oxygens (including phenoxy) is 2. The molecule has 0 amide bonds. The van der Waals surface area contributed by atoms with Crippen LogP contribution in [-0.4, -0.2) is 35.7 Å². The molecule has 0 saturated heterocycles. The first kappa shape index (κ1) is 19.1. The van der Waals surface area contributed by atoms with E-state index in [4.69, 9.17) is 14.5 Å². The topological polar surface area (TPSA) is 80.3 Å². The third kappa shape index (κ3) is 3.38. The Hall–Kier alpha value is -3.87. The van der Waals surface area contributed by atoms with Crippen molar-refractivity contribution in [3.63, 3.8) is 0 Å². The molecule has 7 heteroatoms. The van der Waals surface area contributed by atoms with E-state index >= 15 is 0 Å². The standard InChI is InChI=1S/C24H22N4O3/c1-30-19-8-7-16(13-20(19)31-2)18-9-11-25-22-21(18)23(29)27-24(26-22)28-12-10-15-5-3-4-6-17(15)14-28/h3-9,11,13H,10,12,14H2,1-2H3,(H,25,26,27,29). The maximum absolute atomic E-state index is 13.1. The van der Waals surface area contributed by atoms with Crippen LogP contribution in [0.1, 0.15) is 11.1 Å². The van der Waals surface area contributed by atoms with Gasteiger partial charge in [-0.2, -0.15) is 4.98 Å². The molecule has 1 N–H and O–H groups in total. The molecule has 1 aliphatic heterocycles. The number of hydrogen-bond acceptors (Lipinski definition) is 6. The number of nitrogens with one attached hydrogen (secondary N) is 1. The molecule has 0 saturated carbocycles. The number of methoxy groups -OCH3 is 2. The zero-order valence-electron chi connectivity index (χ0n) is 17.4. The molecule has 0 atom stereocenters. The van der Waals surface area contributed by atoms with Crippen molar-refractivity contribution < 1.29 is 9.47 Å². The third-order valence-corrected chi connectivity index (χ3v) is 5.72. The van der Waals surface area contributed by atoms with Crippen LogP contribution in [0.4, 0.5) is 5.95 Å². The van der Waals surface area contributed by atoms with Crippen molar-refractivity contribution in [1.82, 2.24) is 15.0 Å². The number of aromatic amines is 1. The van der Waals surface area contributed by atoms with Crippen LogP contribution in [-0.2, 0) is 13.0 Å². The van der Waals surface area contributed by atoms with E-state index in [1.165, 1.54) is 11.1 Å². The molecule has 0 spiro atoms. The third-order valence-electron chi connectivity index (χ3n) is 5.72. The molecule has 2 aromatic carbocycles. The minimum atomic E-state index is -0.211. The minimum absolute atomic E-state index is 0.211. The summed E-state index contributed by atoms with van der Waals surface area (Å²) in [6.07, 6.45) is 2.59. The first-order valence-corrected chi connectivity index (χ1v) is 10.1. The quantitative estimate of drug-likeness (QED) is 0.550. The summed E-state index contributed by atoms with van der Waals surface area (Å²) in [6, 6.07) is 15.8. The van der Waals surface area contributed by atoms with Gasteiger partial charge in [0, 0.05) is 19.3 Å². The van der Waals surface area contributed by atoms with E-state index in [0.29, 0.717) is 35.0 Å². The number of H-pyrrole nitrogens is 1. The summed E-state index contributed by atoms with van der Waals surface area (Å²) >= 11 is 0. The van der Waals surface area contributed by atoms with Gasteiger partial charge in [0.05, 0.1) is 19.6 Å². The molecule has 5 rings (SSSR count). The fourth-order valence-corrected chi connectivity index (χ4v) is 4.12. The molecule has 0 radical (unpaired) electrons. The molecular weight excluding hydrogens is 392 g/mol. The van der Waals surface area contributed by atoms with Crippen LogP contribution < -0.4 is 19.9 Å². The predicted octanol–water partition coefficient (Wildman–Crippen LogP) is 3.57. The van der Waals surface area contributed by atoms with Crippen LogP contribution in [0.15, 0.2) is 59.5 Å². The second-order valence-corrected chi connectivity index (χ2v) is 7.46. The number of hydrogen-bond donors (Lipinski definition) is 1. The minimum Gasteiger partial charge on any atom is -0.493 e. The fourth-order valence-electron chi connectivity index (χ4n) is 4.12. The summed E-state index contributed by atoms with van der Waals surface area (Å²) in [4.78, 5) is 27.3. The van der Waals surface area contributed by atoms with Crippen LogP contribution in [0.3, 0.4) is 0 Å². The molecule has 31 heavy (non-hydrogen) atoms. The maximum Gasteiger partial charge on any atom is 0.262 e. The van der Waals surface area contributed by atoms with Crippen molar-refractivity contribution in [3.05, 3.63) is 76.2 Å². The van der Waals surface area contributed by atoms with Gasteiger partial charge in [-0.1, -0.05) is 30.3 Å². The molecule has 0 aliphatic carbocycles. The van der Waals surface area contributed by atoms with Gasteiger partial charge >= 0.3 is 0 Å². The highest BCUT2D eigenvalue weighted by Gasteiger charge is 2.20. The lowest BCUT2D eigenvalue weighted by atomic mass is 10.0. The fraction of sp³-hybridized carbons (Fsp3) is 0.208. The van der Waals surface area contributed by atoms with E-state index in [1.54, 1.807) is 20.4 Å². The molecule has 0 fully saturated rings. The highest BCUT2D eigenvalue weighted by Crippen LogP contribution is 2.34. The van der Waals surface area contributed by atoms with Crippen LogP contribution >= 0.6 is 0 Å². The van der Waals surface area contributed by atoms with E-state index in [1.807, 2.05) is 30.3 Å². The highest BCUT2D eigenvalue weighted by molar-refractivity contribution is 5.92. The lowest BCUT2D eigenvalue weighted by Crippen LogP contribution is -2.33. The Balaban J connectivity index is 1.58. The number of pyridine rings is 1. The Bertz CT molecular complexity index is 1330. The number of rotatable bonds is 4. The lowest BCUT2D eigenvalue weighted by molar-refractivity contribution is 0.355. The SMILES string of the molecule is COc1ccc(-c2ccnc3nc(N4CCc5ccccc5C4)[nH]c(=O)c23)cc1OC. The van der Waals surface area contributed by atoms with Gasteiger partial charge < -0.3 is 14.4 Å². The van der Waals surface area contributed by atoms with Crippen LogP contribution in [0.25, 0.3) is 22.2 Å². The van der Waals surface area contributed by atoms with Crippen molar-refractivity contribution in [2.45, 2.75) is 13.0 Å². The average Bonchev–Trinajstić information content (AvgIpc) is 2.82. The van der Waals surface area contributed by atoms with Gasteiger partial charge in [0.1, 0.15) is 0 Å². The molecule has 2 aromatic heterocycles. The highest BCUT2D eigenvalue weighted by atomic mass is 16.5. The number of benzene rings is 2. The van der Waals surface area contributed by atoms with Crippen LogP contribution in [0, 0.1) is 0 Å². The summed E-state index contributed by atoms with van der Waals surface area (Å²) in [5.41, 5.74) is 4.38. The van der Waals surface area contributed by atoms with E-state index in [0.717, 1.165) is 24.1 Å². The lowest BCUT2D eigenvalue weighted by Gasteiger charge is -2.29. The molecular formula is C24H22N4O3. The maximum atomic E-state index is 13.1. The van der Waals surface area contributed by atoms with Gasteiger partial charge in [-0.15, -0.1) is 0 Å². The Morgan fingerprint density at radius 3 is 2.61 bits per heavy atom. The first-order chi connectivity index (χ1) is 15.2. The van der Waals surface area contributed by atoms with Crippen molar-refractivity contribution in [1.29, 1.82) is 0 Å². The zero-order chi connectivity index (χ0) is 21.4. The molecule has 0 unspecified atom stereocenters. The predicted molar refractivity (Wildman–Crippen MR) is 120 cm³/mol. The van der Waals surface area contributed by atoms with E-state index in [-0.39, 0.29) is 5.56 Å². The molecule has 4 aromatic rings. The number of aromatic nitrogens is 3. The van der Waals surface area contributed by atoms with Gasteiger partial charge in [-0.25, -0.2) is 4.98 Å². The van der Waals surface area contributed by atoms with E-state index in [9.17, 15) is 4.79 Å². The number of nitrogens with zero attached hydrogens (tertiary/aromatic N) is 3. The molecule has 156 valence electrons. The first-order valence-electron chi connectivity index (χ1n) is 10.1. The molecule has 0 bridgehead atoms. The normalized spacial score (nSPS) is 13.2. The van der Waals surface area contributed by atoms with Crippen molar-refractivity contribution in [2.75, 3.05) is 25.7 Å². The molecule has 1 aliphatic rings. The summed E-state index contributed by atoms with van der Waals surface area (Å²) in [7, 11) is 3.18. The van der Waals surface area contributed by atoms with Crippen LogP contribution in [0.5, 0.6) is 11.5 Å².